The maximum absolute atomic E-state index is 12.6. The number of nitrogens with zero attached hydrogens (tertiary/aromatic N) is 1. The SMILES string of the molecule is COc1ccc(C(=O)N[C@@H]2CCOC3(CCOCC3)C2)c(OC)n1. The lowest BCUT2D eigenvalue weighted by atomic mass is 9.84. The molecule has 1 spiro atoms. The maximum atomic E-state index is 12.6. The van der Waals surface area contributed by atoms with E-state index in [2.05, 4.69) is 10.3 Å². The zero-order chi connectivity index (χ0) is 17.0. The Morgan fingerprint density at radius 2 is 2.04 bits per heavy atom. The molecule has 7 nitrogen and oxygen atoms in total. The molecular formula is C17H24N2O5. The minimum atomic E-state index is -0.184. The minimum Gasteiger partial charge on any atom is -0.481 e. The summed E-state index contributed by atoms with van der Waals surface area (Å²) in [5.74, 6) is 0.492. The van der Waals surface area contributed by atoms with Crippen molar-refractivity contribution in [2.24, 2.45) is 0 Å². The molecule has 0 bridgehead atoms. The molecular weight excluding hydrogens is 312 g/mol. The highest BCUT2D eigenvalue weighted by Gasteiger charge is 2.39. The third-order valence-corrected chi connectivity index (χ3v) is 4.71. The van der Waals surface area contributed by atoms with E-state index < -0.39 is 0 Å². The van der Waals surface area contributed by atoms with Gasteiger partial charge in [0.2, 0.25) is 11.8 Å². The van der Waals surface area contributed by atoms with Gasteiger partial charge in [-0.15, -0.1) is 0 Å². The fraction of sp³-hybridized carbons (Fsp3) is 0.647. The number of carbonyl (C=O) groups is 1. The summed E-state index contributed by atoms with van der Waals surface area (Å²) in [7, 11) is 3.01. The van der Waals surface area contributed by atoms with Crippen LogP contribution < -0.4 is 14.8 Å². The topological polar surface area (TPSA) is 78.9 Å². The largest absolute Gasteiger partial charge is 0.481 e. The molecule has 7 heteroatoms. The van der Waals surface area contributed by atoms with Crippen LogP contribution in [-0.4, -0.2) is 56.6 Å². The van der Waals surface area contributed by atoms with E-state index in [9.17, 15) is 4.79 Å². The van der Waals surface area contributed by atoms with Crippen molar-refractivity contribution in [1.82, 2.24) is 10.3 Å². The van der Waals surface area contributed by atoms with Crippen molar-refractivity contribution in [3.63, 3.8) is 0 Å². The van der Waals surface area contributed by atoms with Gasteiger partial charge >= 0.3 is 0 Å². The van der Waals surface area contributed by atoms with Crippen LogP contribution in [0.3, 0.4) is 0 Å². The lowest BCUT2D eigenvalue weighted by molar-refractivity contribution is -0.139. The molecule has 2 fully saturated rings. The smallest absolute Gasteiger partial charge is 0.256 e. The molecule has 1 N–H and O–H groups in total. The Balaban J connectivity index is 1.68. The molecule has 2 saturated heterocycles. The Hall–Kier alpha value is -1.86. The van der Waals surface area contributed by atoms with Gasteiger partial charge in [-0.05, 0) is 31.7 Å². The van der Waals surface area contributed by atoms with E-state index in [1.165, 1.54) is 14.2 Å². The molecule has 0 unspecified atom stereocenters. The number of pyridine rings is 1. The second-order valence-corrected chi connectivity index (χ2v) is 6.22. The van der Waals surface area contributed by atoms with E-state index in [1.54, 1.807) is 12.1 Å². The number of ether oxygens (including phenoxy) is 4. The summed E-state index contributed by atoms with van der Waals surface area (Å²) in [5, 5.41) is 3.10. The molecule has 3 heterocycles. The molecule has 0 saturated carbocycles. The molecule has 3 rings (SSSR count). The monoisotopic (exact) mass is 336 g/mol. The number of aromatic nitrogens is 1. The van der Waals surface area contributed by atoms with Gasteiger partial charge in [0.15, 0.2) is 0 Å². The Labute approximate surface area is 141 Å². The van der Waals surface area contributed by atoms with Crippen LogP contribution in [0.15, 0.2) is 12.1 Å². The summed E-state index contributed by atoms with van der Waals surface area (Å²) in [6.45, 7) is 2.09. The number of hydrogen-bond acceptors (Lipinski definition) is 6. The second-order valence-electron chi connectivity index (χ2n) is 6.22. The Morgan fingerprint density at radius 3 is 2.75 bits per heavy atom. The van der Waals surface area contributed by atoms with Crippen molar-refractivity contribution in [3.8, 4) is 11.8 Å². The van der Waals surface area contributed by atoms with Gasteiger partial charge in [-0.1, -0.05) is 0 Å². The quantitative estimate of drug-likeness (QED) is 0.899. The first-order valence-corrected chi connectivity index (χ1v) is 8.27. The van der Waals surface area contributed by atoms with Crippen molar-refractivity contribution in [2.45, 2.75) is 37.3 Å². The van der Waals surface area contributed by atoms with Gasteiger partial charge in [0.25, 0.3) is 5.91 Å². The zero-order valence-electron chi connectivity index (χ0n) is 14.2. The van der Waals surface area contributed by atoms with Crippen LogP contribution >= 0.6 is 0 Å². The molecule has 1 amide bonds. The van der Waals surface area contributed by atoms with Crippen molar-refractivity contribution < 1.29 is 23.7 Å². The summed E-state index contributed by atoms with van der Waals surface area (Å²) >= 11 is 0. The molecule has 1 atom stereocenters. The van der Waals surface area contributed by atoms with Gasteiger partial charge in [-0.25, -0.2) is 0 Å². The average Bonchev–Trinajstić information content (AvgIpc) is 2.61. The van der Waals surface area contributed by atoms with E-state index in [-0.39, 0.29) is 23.4 Å². The van der Waals surface area contributed by atoms with Crippen molar-refractivity contribution >= 4 is 5.91 Å². The molecule has 0 aromatic carbocycles. The van der Waals surface area contributed by atoms with Crippen molar-refractivity contribution in [3.05, 3.63) is 17.7 Å². The van der Waals surface area contributed by atoms with Gasteiger partial charge in [-0.2, -0.15) is 4.98 Å². The highest BCUT2D eigenvalue weighted by molar-refractivity contribution is 5.96. The first-order chi connectivity index (χ1) is 11.7. The molecule has 2 aliphatic rings. The van der Waals surface area contributed by atoms with Crippen LogP contribution in [0, 0.1) is 0 Å². The first-order valence-electron chi connectivity index (χ1n) is 8.27. The summed E-state index contributed by atoms with van der Waals surface area (Å²) in [4.78, 5) is 16.8. The number of amides is 1. The summed E-state index contributed by atoms with van der Waals surface area (Å²) < 4.78 is 21.7. The van der Waals surface area contributed by atoms with Gasteiger partial charge in [-0.3, -0.25) is 4.79 Å². The van der Waals surface area contributed by atoms with Gasteiger partial charge < -0.3 is 24.3 Å². The number of methoxy groups -OCH3 is 2. The molecule has 0 radical (unpaired) electrons. The molecule has 24 heavy (non-hydrogen) atoms. The molecule has 1 aromatic rings. The van der Waals surface area contributed by atoms with Gasteiger partial charge in [0.05, 0.1) is 19.8 Å². The predicted molar refractivity (Wildman–Crippen MR) is 86.6 cm³/mol. The lowest BCUT2D eigenvalue weighted by Crippen LogP contribution is -2.51. The summed E-state index contributed by atoms with van der Waals surface area (Å²) in [6.07, 6.45) is 3.38. The molecule has 0 aliphatic carbocycles. The van der Waals surface area contributed by atoms with Crippen LogP contribution in [0.2, 0.25) is 0 Å². The van der Waals surface area contributed by atoms with E-state index >= 15 is 0 Å². The fourth-order valence-corrected chi connectivity index (χ4v) is 3.37. The van der Waals surface area contributed by atoms with Crippen LogP contribution in [-0.2, 0) is 9.47 Å². The van der Waals surface area contributed by atoms with Crippen molar-refractivity contribution in [2.75, 3.05) is 34.0 Å². The van der Waals surface area contributed by atoms with Crippen LogP contribution in [0.25, 0.3) is 0 Å². The Morgan fingerprint density at radius 1 is 1.25 bits per heavy atom. The van der Waals surface area contributed by atoms with E-state index in [4.69, 9.17) is 18.9 Å². The van der Waals surface area contributed by atoms with Crippen LogP contribution in [0.1, 0.15) is 36.0 Å². The maximum Gasteiger partial charge on any atom is 0.256 e. The van der Waals surface area contributed by atoms with Gasteiger partial charge in [0.1, 0.15) is 5.56 Å². The van der Waals surface area contributed by atoms with E-state index in [1.807, 2.05) is 0 Å². The van der Waals surface area contributed by atoms with Crippen LogP contribution in [0.4, 0.5) is 0 Å². The number of carbonyl (C=O) groups excluding carboxylic acids is 1. The highest BCUT2D eigenvalue weighted by atomic mass is 16.5. The third-order valence-electron chi connectivity index (χ3n) is 4.71. The lowest BCUT2D eigenvalue weighted by Gasteiger charge is -2.43. The Bertz CT molecular complexity index is 581. The Kier molecular flexibility index (Phi) is 5.20. The van der Waals surface area contributed by atoms with E-state index in [0.29, 0.717) is 18.1 Å². The van der Waals surface area contributed by atoms with Gasteiger partial charge in [0, 0.05) is 31.9 Å². The second kappa shape index (κ2) is 7.36. The molecule has 132 valence electrons. The predicted octanol–water partition coefficient (Wildman–Crippen LogP) is 1.56. The third kappa shape index (κ3) is 3.62. The van der Waals surface area contributed by atoms with Crippen molar-refractivity contribution in [1.29, 1.82) is 0 Å². The average molecular weight is 336 g/mol. The molecule has 1 aromatic heterocycles. The zero-order valence-corrected chi connectivity index (χ0v) is 14.2. The standard InChI is InChI=1S/C17H24N2O5/c1-21-14-4-3-13(16(19-14)22-2)15(20)18-12-5-8-24-17(11-12)6-9-23-10-7-17/h3-4,12H,5-11H2,1-2H3,(H,18,20)/t12-/m1/s1. The molecule has 2 aliphatic heterocycles. The highest BCUT2D eigenvalue weighted by Crippen LogP contribution is 2.34. The normalized spacial score (nSPS) is 22.8. The number of rotatable bonds is 4. The van der Waals surface area contributed by atoms with Crippen LogP contribution in [0.5, 0.6) is 11.8 Å². The summed E-state index contributed by atoms with van der Waals surface area (Å²) in [5.41, 5.74) is 0.252. The van der Waals surface area contributed by atoms with E-state index in [0.717, 1.165) is 38.9 Å². The minimum absolute atomic E-state index is 0.0798. The fourth-order valence-electron chi connectivity index (χ4n) is 3.37. The first kappa shape index (κ1) is 17.0. The summed E-state index contributed by atoms with van der Waals surface area (Å²) in [6, 6.07) is 3.40. The number of hydrogen-bond donors (Lipinski definition) is 1. The number of nitrogens with one attached hydrogen (secondary N) is 1.